The van der Waals surface area contributed by atoms with E-state index in [0.717, 1.165) is 11.3 Å². The molecule has 3 rings (SSSR count). The Morgan fingerprint density at radius 1 is 1.20 bits per heavy atom. The van der Waals surface area contributed by atoms with Crippen LogP contribution in [0.25, 0.3) is 16.9 Å². The number of aromatic nitrogens is 4. The fraction of sp³-hybridized carbons (Fsp3) is 0.143. The monoisotopic (exact) mass is 268 g/mol. The van der Waals surface area contributed by atoms with Gasteiger partial charge >= 0.3 is 5.97 Å². The van der Waals surface area contributed by atoms with Crippen LogP contribution in [0.4, 0.5) is 0 Å². The number of carboxylic acids is 1. The molecule has 20 heavy (non-hydrogen) atoms. The molecule has 1 aromatic carbocycles. The first-order chi connectivity index (χ1) is 9.74. The highest BCUT2D eigenvalue weighted by atomic mass is 16.4. The number of carbonyl (C=O) groups is 1. The first kappa shape index (κ1) is 12.3. The molecule has 0 unspecified atom stereocenters. The molecule has 0 aliphatic heterocycles. The lowest BCUT2D eigenvalue weighted by Gasteiger charge is -2.02. The zero-order chi connectivity index (χ0) is 13.9. The van der Waals surface area contributed by atoms with Crippen molar-refractivity contribution in [3.05, 3.63) is 48.5 Å². The Morgan fingerprint density at radius 2 is 2.00 bits per heavy atom. The van der Waals surface area contributed by atoms with Gasteiger partial charge in [0.15, 0.2) is 5.65 Å². The van der Waals surface area contributed by atoms with Crippen molar-refractivity contribution >= 4 is 11.6 Å². The topological polar surface area (TPSA) is 80.4 Å². The predicted octanol–water partition coefficient (Wildman–Crippen LogP) is 1.81. The maximum absolute atomic E-state index is 10.6. The lowest BCUT2D eigenvalue weighted by Crippen LogP contribution is -2.02. The van der Waals surface area contributed by atoms with Gasteiger partial charge in [-0.15, -0.1) is 10.2 Å². The van der Waals surface area contributed by atoms with E-state index < -0.39 is 5.97 Å². The fourth-order valence-corrected chi connectivity index (χ4v) is 2.00. The summed E-state index contributed by atoms with van der Waals surface area (Å²) in [5.41, 5.74) is 2.49. The minimum absolute atomic E-state index is 0.0290. The Morgan fingerprint density at radius 3 is 2.75 bits per heavy atom. The average molecular weight is 268 g/mol. The molecule has 0 spiro atoms. The lowest BCUT2D eigenvalue weighted by molar-refractivity contribution is -0.137. The summed E-state index contributed by atoms with van der Waals surface area (Å²) in [5.74, 6) is -0.245. The van der Waals surface area contributed by atoms with Gasteiger partial charge in [0.1, 0.15) is 12.2 Å². The maximum atomic E-state index is 10.6. The van der Waals surface area contributed by atoms with E-state index in [1.807, 2.05) is 36.4 Å². The predicted molar refractivity (Wildman–Crippen MR) is 72.2 cm³/mol. The van der Waals surface area contributed by atoms with Crippen molar-refractivity contribution in [1.29, 1.82) is 0 Å². The van der Waals surface area contributed by atoms with Gasteiger partial charge in [0, 0.05) is 18.1 Å². The Bertz CT molecular complexity index is 752. The van der Waals surface area contributed by atoms with Gasteiger partial charge in [-0.3, -0.25) is 9.20 Å². The second-order valence-corrected chi connectivity index (χ2v) is 4.38. The summed E-state index contributed by atoms with van der Waals surface area (Å²) in [4.78, 5) is 15.0. The van der Waals surface area contributed by atoms with Gasteiger partial charge in [0.25, 0.3) is 0 Å². The SMILES string of the molecule is O=C(O)CCc1nnc2cc(-c3ccccc3)ncn12. The number of fused-ring (bicyclic) bond motifs is 1. The summed E-state index contributed by atoms with van der Waals surface area (Å²) >= 11 is 0. The molecule has 100 valence electrons. The van der Waals surface area contributed by atoms with Crippen LogP contribution in [0.2, 0.25) is 0 Å². The number of hydrogen-bond acceptors (Lipinski definition) is 4. The third-order valence-electron chi connectivity index (χ3n) is 3.00. The van der Waals surface area contributed by atoms with Gasteiger partial charge in [0.2, 0.25) is 0 Å². The van der Waals surface area contributed by atoms with Crippen LogP contribution < -0.4 is 0 Å². The van der Waals surface area contributed by atoms with Crippen molar-refractivity contribution in [2.45, 2.75) is 12.8 Å². The highest BCUT2D eigenvalue weighted by molar-refractivity contribution is 5.67. The van der Waals surface area contributed by atoms with E-state index in [2.05, 4.69) is 15.2 Å². The van der Waals surface area contributed by atoms with E-state index in [4.69, 9.17) is 5.11 Å². The maximum Gasteiger partial charge on any atom is 0.303 e. The van der Waals surface area contributed by atoms with Gasteiger partial charge in [0.05, 0.1) is 12.1 Å². The van der Waals surface area contributed by atoms with Crippen molar-refractivity contribution in [2.75, 3.05) is 0 Å². The second-order valence-electron chi connectivity index (χ2n) is 4.38. The molecule has 2 aromatic heterocycles. The molecule has 0 aliphatic carbocycles. The molecule has 6 nitrogen and oxygen atoms in total. The summed E-state index contributed by atoms with van der Waals surface area (Å²) < 4.78 is 1.72. The van der Waals surface area contributed by atoms with Gasteiger partial charge in [-0.2, -0.15) is 0 Å². The van der Waals surface area contributed by atoms with Crippen LogP contribution >= 0.6 is 0 Å². The minimum atomic E-state index is -0.851. The van der Waals surface area contributed by atoms with E-state index in [1.165, 1.54) is 0 Å². The smallest absolute Gasteiger partial charge is 0.303 e. The van der Waals surface area contributed by atoms with E-state index in [-0.39, 0.29) is 6.42 Å². The van der Waals surface area contributed by atoms with Crippen LogP contribution in [-0.2, 0) is 11.2 Å². The summed E-state index contributed by atoms with van der Waals surface area (Å²) in [6, 6.07) is 11.6. The Kier molecular flexibility index (Phi) is 3.12. The van der Waals surface area contributed by atoms with Crippen molar-refractivity contribution in [3.63, 3.8) is 0 Å². The molecule has 0 fully saturated rings. The molecule has 0 atom stereocenters. The minimum Gasteiger partial charge on any atom is -0.481 e. The third-order valence-corrected chi connectivity index (χ3v) is 3.00. The van der Waals surface area contributed by atoms with E-state index in [0.29, 0.717) is 17.9 Å². The van der Waals surface area contributed by atoms with Crippen LogP contribution in [0, 0.1) is 0 Å². The number of hydrogen-bond donors (Lipinski definition) is 1. The zero-order valence-electron chi connectivity index (χ0n) is 10.6. The zero-order valence-corrected chi connectivity index (χ0v) is 10.6. The average Bonchev–Trinajstić information content (AvgIpc) is 2.88. The normalized spacial score (nSPS) is 10.8. The molecule has 6 heteroatoms. The quantitative estimate of drug-likeness (QED) is 0.780. The molecule has 0 saturated heterocycles. The fourth-order valence-electron chi connectivity index (χ4n) is 2.00. The second kappa shape index (κ2) is 5.08. The molecule has 0 bridgehead atoms. The van der Waals surface area contributed by atoms with E-state index >= 15 is 0 Å². The molecular weight excluding hydrogens is 256 g/mol. The molecular formula is C14H12N4O2. The van der Waals surface area contributed by atoms with Gasteiger partial charge in [-0.25, -0.2) is 4.98 Å². The number of aliphatic carboxylic acids is 1. The Balaban J connectivity index is 1.95. The number of rotatable bonds is 4. The highest BCUT2D eigenvalue weighted by Gasteiger charge is 2.09. The van der Waals surface area contributed by atoms with Crippen LogP contribution in [0.15, 0.2) is 42.7 Å². The standard InChI is InChI=1S/C14H12N4O2/c19-14(20)7-6-12-16-17-13-8-11(15-9-18(12)13)10-4-2-1-3-5-10/h1-5,8-9H,6-7H2,(H,19,20). The van der Waals surface area contributed by atoms with Crippen molar-refractivity contribution in [2.24, 2.45) is 0 Å². The van der Waals surface area contributed by atoms with Crippen molar-refractivity contribution < 1.29 is 9.90 Å². The summed E-state index contributed by atoms with van der Waals surface area (Å²) in [6.07, 6.45) is 2.00. The highest BCUT2D eigenvalue weighted by Crippen LogP contribution is 2.17. The first-order valence-corrected chi connectivity index (χ1v) is 6.21. The van der Waals surface area contributed by atoms with Gasteiger partial charge in [-0.05, 0) is 0 Å². The van der Waals surface area contributed by atoms with Crippen LogP contribution in [-0.4, -0.2) is 30.7 Å². The van der Waals surface area contributed by atoms with Crippen LogP contribution in [0.1, 0.15) is 12.2 Å². The molecule has 2 heterocycles. The van der Waals surface area contributed by atoms with E-state index in [1.54, 1.807) is 10.7 Å². The molecule has 0 saturated carbocycles. The Hall–Kier alpha value is -2.76. The van der Waals surface area contributed by atoms with Gasteiger partial charge in [-0.1, -0.05) is 30.3 Å². The number of aryl methyl sites for hydroxylation is 1. The molecule has 0 radical (unpaired) electrons. The lowest BCUT2D eigenvalue weighted by atomic mass is 10.1. The van der Waals surface area contributed by atoms with E-state index in [9.17, 15) is 4.79 Å². The van der Waals surface area contributed by atoms with Crippen LogP contribution in [0.5, 0.6) is 0 Å². The molecule has 0 aliphatic rings. The number of nitrogens with zero attached hydrogens (tertiary/aromatic N) is 4. The van der Waals surface area contributed by atoms with Crippen LogP contribution in [0.3, 0.4) is 0 Å². The molecule has 3 aromatic rings. The third kappa shape index (κ3) is 2.35. The molecule has 0 amide bonds. The summed E-state index contributed by atoms with van der Waals surface area (Å²) in [7, 11) is 0. The first-order valence-electron chi connectivity index (χ1n) is 6.21. The largest absolute Gasteiger partial charge is 0.481 e. The molecule has 1 N–H and O–H groups in total. The van der Waals surface area contributed by atoms with Crippen molar-refractivity contribution in [3.8, 4) is 11.3 Å². The summed E-state index contributed by atoms with van der Waals surface area (Å²) in [6.45, 7) is 0. The Labute approximate surface area is 114 Å². The summed E-state index contributed by atoms with van der Waals surface area (Å²) in [5, 5.41) is 16.8. The van der Waals surface area contributed by atoms with Gasteiger partial charge < -0.3 is 5.11 Å². The number of carboxylic acid groups (broad SMARTS) is 1. The van der Waals surface area contributed by atoms with Crippen molar-refractivity contribution in [1.82, 2.24) is 19.6 Å². The number of benzene rings is 1.